The van der Waals surface area contributed by atoms with Crippen LogP contribution in [0, 0.1) is 0 Å². The lowest BCUT2D eigenvalue weighted by atomic mass is 9.92. The van der Waals surface area contributed by atoms with Gasteiger partial charge in [-0.3, -0.25) is 4.68 Å². The van der Waals surface area contributed by atoms with Crippen LogP contribution in [0.3, 0.4) is 0 Å². The standard InChI is InChI=1S/C23H23N3O2S3/c1-23(2,3)20-10-18(26(25-20)11-15-7-5-4-6-8-15)17-13-31-21(24-17)14-29-16-9-19(22(27)28)30-12-16/h4-10,12-13H,11,14H2,1-3H3,(H,27,28). The largest absolute Gasteiger partial charge is 0.477 e. The van der Waals surface area contributed by atoms with Crippen molar-refractivity contribution in [1.29, 1.82) is 0 Å². The second-order valence-corrected chi connectivity index (χ2v) is 11.1. The van der Waals surface area contributed by atoms with Gasteiger partial charge < -0.3 is 5.11 Å². The van der Waals surface area contributed by atoms with E-state index in [2.05, 4.69) is 44.4 Å². The number of hydrogen-bond acceptors (Lipinski definition) is 6. The van der Waals surface area contributed by atoms with Gasteiger partial charge in [0.25, 0.3) is 0 Å². The van der Waals surface area contributed by atoms with Gasteiger partial charge in [-0.25, -0.2) is 9.78 Å². The molecule has 4 aromatic rings. The van der Waals surface area contributed by atoms with Crippen molar-refractivity contribution < 1.29 is 9.90 Å². The molecule has 5 nitrogen and oxygen atoms in total. The van der Waals surface area contributed by atoms with Crippen LogP contribution in [0.5, 0.6) is 0 Å². The first kappa shape index (κ1) is 21.8. The molecule has 1 aromatic carbocycles. The summed E-state index contributed by atoms with van der Waals surface area (Å²) in [5, 5.41) is 19.0. The summed E-state index contributed by atoms with van der Waals surface area (Å²) in [7, 11) is 0. The first-order valence-corrected chi connectivity index (χ1v) is 12.6. The van der Waals surface area contributed by atoms with Gasteiger partial charge >= 0.3 is 5.97 Å². The number of aromatic carboxylic acids is 1. The van der Waals surface area contributed by atoms with Gasteiger partial charge in [0.2, 0.25) is 0 Å². The zero-order chi connectivity index (χ0) is 22.0. The van der Waals surface area contributed by atoms with Crippen LogP contribution < -0.4 is 0 Å². The monoisotopic (exact) mass is 469 g/mol. The van der Waals surface area contributed by atoms with Crippen LogP contribution in [0.4, 0.5) is 0 Å². The second kappa shape index (κ2) is 8.98. The number of hydrogen-bond donors (Lipinski definition) is 1. The van der Waals surface area contributed by atoms with Crippen LogP contribution in [-0.2, 0) is 17.7 Å². The van der Waals surface area contributed by atoms with Crippen molar-refractivity contribution in [3.63, 3.8) is 0 Å². The van der Waals surface area contributed by atoms with Crippen LogP contribution in [0.1, 0.15) is 46.7 Å². The van der Waals surface area contributed by atoms with E-state index in [1.165, 1.54) is 16.9 Å². The van der Waals surface area contributed by atoms with Gasteiger partial charge in [-0.05, 0) is 17.7 Å². The fourth-order valence-electron chi connectivity index (χ4n) is 3.01. The summed E-state index contributed by atoms with van der Waals surface area (Å²) in [6, 6.07) is 14.2. The van der Waals surface area contributed by atoms with Gasteiger partial charge in [-0.15, -0.1) is 34.4 Å². The third kappa shape index (κ3) is 5.26. The molecule has 0 amide bonds. The van der Waals surface area contributed by atoms with E-state index in [0.717, 1.165) is 27.0 Å². The van der Waals surface area contributed by atoms with E-state index in [1.807, 2.05) is 28.3 Å². The Labute approximate surface area is 193 Å². The summed E-state index contributed by atoms with van der Waals surface area (Å²) in [6.07, 6.45) is 0. The van der Waals surface area contributed by atoms with Crippen molar-refractivity contribution in [2.24, 2.45) is 0 Å². The molecule has 3 aromatic heterocycles. The van der Waals surface area contributed by atoms with Crippen molar-refractivity contribution in [1.82, 2.24) is 14.8 Å². The van der Waals surface area contributed by atoms with Gasteiger partial charge in [0, 0.05) is 21.1 Å². The Morgan fingerprint density at radius 2 is 1.90 bits per heavy atom. The summed E-state index contributed by atoms with van der Waals surface area (Å²) >= 11 is 4.49. The predicted octanol–water partition coefficient (Wildman–Crippen LogP) is 6.40. The number of rotatable bonds is 7. The molecule has 0 bridgehead atoms. The van der Waals surface area contributed by atoms with Crippen molar-refractivity contribution >= 4 is 40.4 Å². The lowest BCUT2D eigenvalue weighted by molar-refractivity contribution is 0.0702. The molecule has 0 aliphatic rings. The molecule has 0 radical (unpaired) electrons. The van der Waals surface area contributed by atoms with Crippen LogP contribution in [-0.4, -0.2) is 25.8 Å². The minimum absolute atomic E-state index is 0.0494. The van der Waals surface area contributed by atoms with Crippen molar-refractivity contribution in [3.05, 3.63) is 74.4 Å². The maximum atomic E-state index is 11.1. The van der Waals surface area contributed by atoms with E-state index in [-0.39, 0.29) is 5.41 Å². The molecule has 4 rings (SSSR count). The molecule has 8 heteroatoms. The Morgan fingerprint density at radius 1 is 1.13 bits per heavy atom. The number of carbonyl (C=O) groups is 1. The van der Waals surface area contributed by atoms with Crippen LogP contribution >= 0.6 is 34.4 Å². The Morgan fingerprint density at radius 3 is 2.58 bits per heavy atom. The smallest absolute Gasteiger partial charge is 0.345 e. The Bertz CT molecular complexity index is 1190. The van der Waals surface area contributed by atoms with Crippen molar-refractivity contribution in [2.75, 3.05) is 0 Å². The molecule has 3 heterocycles. The topological polar surface area (TPSA) is 68.0 Å². The van der Waals surface area contributed by atoms with E-state index >= 15 is 0 Å². The normalized spacial score (nSPS) is 11.7. The number of benzene rings is 1. The number of nitrogens with zero attached hydrogens (tertiary/aromatic N) is 3. The third-order valence-corrected chi connectivity index (χ3v) is 7.77. The van der Waals surface area contributed by atoms with Gasteiger partial charge in [-0.2, -0.15) is 5.10 Å². The Balaban J connectivity index is 1.56. The van der Waals surface area contributed by atoms with E-state index in [0.29, 0.717) is 17.2 Å². The molecule has 0 saturated heterocycles. The maximum Gasteiger partial charge on any atom is 0.345 e. The fourth-order valence-corrected chi connectivity index (χ4v) is 5.69. The lowest BCUT2D eigenvalue weighted by Crippen LogP contribution is -2.13. The summed E-state index contributed by atoms with van der Waals surface area (Å²) in [5.41, 5.74) is 4.14. The zero-order valence-corrected chi connectivity index (χ0v) is 20.0. The zero-order valence-electron chi connectivity index (χ0n) is 17.5. The van der Waals surface area contributed by atoms with Crippen molar-refractivity contribution in [3.8, 4) is 11.4 Å². The number of thiophene rings is 1. The highest BCUT2D eigenvalue weighted by Crippen LogP contribution is 2.32. The van der Waals surface area contributed by atoms with Crippen LogP contribution in [0.2, 0.25) is 0 Å². The first-order chi connectivity index (χ1) is 14.8. The molecular weight excluding hydrogens is 446 g/mol. The summed E-state index contributed by atoms with van der Waals surface area (Å²) in [6.45, 7) is 7.20. The van der Waals surface area contributed by atoms with E-state index in [1.54, 1.807) is 29.2 Å². The number of thioether (sulfide) groups is 1. The number of aromatic nitrogens is 3. The second-order valence-electron chi connectivity index (χ2n) is 8.18. The van der Waals surface area contributed by atoms with Crippen LogP contribution in [0.25, 0.3) is 11.4 Å². The third-order valence-electron chi connectivity index (χ3n) is 4.69. The molecule has 0 saturated carbocycles. The predicted molar refractivity (Wildman–Crippen MR) is 128 cm³/mol. The molecule has 160 valence electrons. The molecule has 0 spiro atoms. The highest BCUT2D eigenvalue weighted by Gasteiger charge is 2.22. The highest BCUT2D eigenvalue weighted by atomic mass is 32.2. The molecular formula is C23H23N3O2S3. The molecule has 0 aliphatic heterocycles. The molecule has 0 atom stereocenters. The van der Waals surface area contributed by atoms with Gasteiger partial charge in [0.1, 0.15) is 9.88 Å². The quantitative estimate of drug-likeness (QED) is 0.317. The van der Waals surface area contributed by atoms with Crippen molar-refractivity contribution in [2.45, 2.75) is 43.4 Å². The maximum absolute atomic E-state index is 11.1. The average molecular weight is 470 g/mol. The molecule has 0 aliphatic carbocycles. The molecule has 0 fully saturated rings. The van der Waals surface area contributed by atoms with Gasteiger partial charge in [-0.1, -0.05) is 51.1 Å². The minimum Gasteiger partial charge on any atom is -0.477 e. The summed E-state index contributed by atoms with van der Waals surface area (Å²) in [4.78, 5) is 17.2. The number of thiazole rings is 1. The SMILES string of the molecule is CC(C)(C)c1cc(-c2csc(CSc3csc(C(=O)O)c3)n2)n(Cc2ccccc2)n1. The first-order valence-electron chi connectivity index (χ1n) is 9.81. The van der Waals surface area contributed by atoms with E-state index in [4.69, 9.17) is 15.2 Å². The van der Waals surface area contributed by atoms with Gasteiger partial charge in [0.15, 0.2) is 0 Å². The van der Waals surface area contributed by atoms with Crippen LogP contribution in [0.15, 0.2) is 58.1 Å². The number of carboxylic acids is 1. The van der Waals surface area contributed by atoms with Gasteiger partial charge in [0.05, 0.1) is 29.4 Å². The fraction of sp³-hybridized carbons (Fsp3) is 0.261. The highest BCUT2D eigenvalue weighted by molar-refractivity contribution is 7.98. The Kier molecular flexibility index (Phi) is 6.31. The van der Waals surface area contributed by atoms with E-state index < -0.39 is 5.97 Å². The summed E-state index contributed by atoms with van der Waals surface area (Å²) in [5.74, 6) is -0.172. The summed E-state index contributed by atoms with van der Waals surface area (Å²) < 4.78 is 2.04. The van der Waals surface area contributed by atoms with E-state index in [9.17, 15) is 4.79 Å². The Hall–Kier alpha value is -2.42. The average Bonchev–Trinajstić information content (AvgIpc) is 3.46. The minimum atomic E-state index is -0.880. The number of carboxylic acid groups (broad SMARTS) is 1. The molecule has 1 N–H and O–H groups in total. The lowest BCUT2D eigenvalue weighted by Gasteiger charge is -2.14. The molecule has 31 heavy (non-hydrogen) atoms. The molecule has 0 unspecified atom stereocenters.